The maximum Gasteiger partial charge on any atom is 0.274 e. The van der Waals surface area contributed by atoms with Crippen molar-refractivity contribution in [1.29, 1.82) is 0 Å². The number of aromatic nitrogens is 2. The Kier molecular flexibility index (Phi) is 5.73. The lowest BCUT2D eigenvalue weighted by Crippen LogP contribution is -2.21. The Bertz CT molecular complexity index is 779. The van der Waals surface area contributed by atoms with E-state index in [1.807, 2.05) is 6.92 Å². The first-order valence-electron chi connectivity index (χ1n) is 7.99. The first-order chi connectivity index (χ1) is 12.0. The average molecular weight is 381 g/mol. The van der Waals surface area contributed by atoms with Gasteiger partial charge in [-0.1, -0.05) is 23.2 Å². The average Bonchev–Trinajstić information content (AvgIpc) is 3.08. The highest BCUT2D eigenvalue weighted by Gasteiger charge is 2.17. The van der Waals surface area contributed by atoms with Gasteiger partial charge in [-0.05, 0) is 44.0 Å². The number of carbonyl (C=O) groups excluding carboxylic acids is 1. The highest BCUT2D eigenvalue weighted by Crippen LogP contribution is 2.25. The third-order valence-electron chi connectivity index (χ3n) is 3.78. The number of nitrogens with one attached hydrogen (secondary N) is 2. The summed E-state index contributed by atoms with van der Waals surface area (Å²) in [5.74, 6) is 0.0396. The van der Waals surface area contributed by atoms with E-state index in [0.717, 1.165) is 19.4 Å². The predicted octanol–water partition coefficient (Wildman–Crippen LogP) is 3.94. The minimum atomic E-state index is -0.366. The number of anilines is 2. The van der Waals surface area contributed by atoms with E-state index in [-0.39, 0.29) is 17.7 Å². The van der Waals surface area contributed by atoms with Gasteiger partial charge in [0.2, 0.25) is 5.95 Å². The van der Waals surface area contributed by atoms with Gasteiger partial charge in [0.25, 0.3) is 5.91 Å². The molecule has 0 aliphatic carbocycles. The number of amides is 1. The second-order valence-corrected chi connectivity index (χ2v) is 6.66. The van der Waals surface area contributed by atoms with Crippen LogP contribution in [0.1, 0.15) is 29.0 Å². The largest absolute Gasteiger partial charge is 0.376 e. The number of nitrogens with zero attached hydrogens (tertiary/aromatic N) is 2. The quantitative estimate of drug-likeness (QED) is 0.821. The van der Waals surface area contributed by atoms with Crippen LogP contribution in [0.25, 0.3) is 0 Å². The summed E-state index contributed by atoms with van der Waals surface area (Å²) in [4.78, 5) is 21.1. The van der Waals surface area contributed by atoms with Gasteiger partial charge in [0.15, 0.2) is 0 Å². The maximum atomic E-state index is 12.5. The number of carbonyl (C=O) groups is 1. The molecule has 1 atom stereocenters. The van der Waals surface area contributed by atoms with Crippen molar-refractivity contribution >= 4 is 40.7 Å². The van der Waals surface area contributed by atoms with Crippen molar-refractivity contribution in [2.45, 2.75) is 25.9 Å². The molecular weight excluding hydrogens is 363 g/mol. The second-order valence-electron chi connectivity index (χ2n) is 5.81. The molecule has 1 fully saturated rings. The summed E-state index contributed by atoms with van der Waals surface area (Å²) in [6, 6.07) is 6.49. The normalized spacial score (nSPS) is 16.7. The molecule has 0 spiro atoms. The molecule has 25 heavy (non-hydrogen) atoms. The molecular formula is C17H18Cl2N4O2. The fourth-order valence-corrected chi connectivity index (χ4v) is 3.01. The summed E-state index contributed by atoms with van der Waals surface area (Å²) in [7, 11) is 0. The summed E-state index contributed by atoms with van der Waals surface area (Å²) >= 11 is 12.0. The molecule has 1 unspecified atom stereocenters. The SMILES string of the molecule is Cc1cc(C(=O)Nc2ccc(Cl)cc2Cl)nc(NCC2CCCO2)n1. The molecule has 1 aliphatic heterocycles. The molecule has 2 heterocycles. The van der Waals surface area contributed by atoms with E-state index in [0.29, 0.717) is 33.9 Å². The van der Waals surface area contributed by atoms with Crippen molar-refractivity contribution in [3.63, 3.8) is 0 Å². The zero-order chi connectivity index (χ0) is 17.8. The molecule has 8 heteroatoms. The van der Waals surface area contributed by atoms with Gasteiger partial charge < -0.3 is 15.4 Å². The summed E-state index contributed by atoms with van der Waals surface area (Å²) in [5, 5.41) is 6.73. The molecule has 6 nitrogen and oxygen atoms in total. The molecule has 0 bridgehead atoms. The minimum absolute atomic E-state index is 0.161. The number of rotatable bonds is 5. The fourth-order valence-electron chi connectivity index (χ4n) is 2.55. The van der Waals surface area contributed by atoms with Crippen LogP contribution in [-0.2, 0) is 4.74 Å². The van der Waals surface area contributed by atoms with Gasteiger partial charge in [0.05, 0.1) is 16.8 Å². The molecule has 3 rings (SSSR count). The van der Waals surface area contributed by atoms with E-state index < -0.39 is 0 Å². The molecule has 1 aromatic heterocycles. The zero-order valence-electron chi connectivity index (χ0n) is 13.7. The molecule has 0 radical (unpaired) electrons. The number of hydrogen-bond acceptors (Lipinski definition) is 5. The number of hydrogen-bond donors (Lipinski definition) is 2. The standard InChI is InChI=1S/C17H18Cl2N4O2/c1-10-7-15(16(24)22-14-5-4-11(18)8-13(14)19)23-17(21-10)20-9-12-3-2-6-25-12/h4-5,7-8,12H,2-3,6,9H2,1H3,(H,22,24)(H,20,21,23). The van der Waals surface area contributed by atoms with E-state index in [9.17, 15) is 4.79 Å². The fraction of sp³-hybridized carbons (Fsp3) is 0.353. The van der Waals surface area contributed by atoms with E-state index in [4.69, 9.17) is 27.9 Å². The van der Waals surface area contributed by atoms with Crippen molar-refractivity contribution in [2.24, 2.45) is 0 Å². The molecule has 2 N–H and O–H groups in total. The van der Waals surface area contributed by atoms with Crippen LogP contribution in [-0.4, -0.2) is 35.1 Å². The smallest absolute Gasteiger partial charge is 0.274 e. The topological polar surface area (TPSA) is 76.1 Å². The Morgan fingerprint density at radius 1 is 1.32 bits per heavy atom. The summed E-state index contributed by atoms with van der Waals surface area (Å²) in [6.45, 7) is 3.22. The van der Waals surface area contributed by atoms with Crippen LogP contribution >= 0.6 is 23.2 Å². The van der Waals surface area contributed by atoms with Crippen LogP contribution in [0.2, 0.25) is 10.0 Å². The lowest BCUT2D eigenvalue weighted by Gasteiger charge is -2.12. The lowest BCUT2D eigenvalue weighted by atomic mass is 10.2. The number of ether oxygens (including phenoxy) is 1. The van der Waals surface area contributed by atoms with Crippen molar-refractivity contribution in [2.75, 3.05) is 23.8 Å². The van der Waals surface area contributed by atoms with Crippen LogP contribution in [0.15, 0.2) is 24.3 Å². The Labute approximate surface area is 155 Å². The Hall–Kier alpha value is -1.89. The van der Waals surface area contributed by atoms with Crippen LogP contribution in [0.3, 0.4) is 0 Å². The highest BCUT2D eigenvalue weighted by atomic mass is 35.5. The third-order valence-corrected chi connectivity index (χ3v) is 4.33. The third kappa shape index (κ3) is 4.81. The first-order valence-corrected chi connectivity index (χ1v) is 8.74. The minimum Gasteiger partial charge on any atom is -0.376 e. The van der Waals surface area contributed by atoms with E-state index in [1.165, 1.54) is 0 Å². The van der Waals surface area contributed by atoms with Crippen molar-refractivity contribution < 1.29 is 9.53 Å². The Balaban J connectivity index is 1.70. The Morgan fingerprint density at radius 2 is 2.16 bits per heavy atom. The van der Waals surface area contributed by atoms with E-state index in [1.54, 1.807) is 24.3 Å². The van der Waals surface area contributed by atoms with Crippen LogP contribution in [0.5, 0.6) is 0 Å². The molecule has 1 aliphatic rings. The van der Waals surface area contributed by atoms with Gasteiger partial charge in [-0.3, -0.25) is 4.79 Å². The van der Waals surface area contributed by atoms with Crippen molar-refractivity contribution in [3.8, 4) is 0 Å². The van der Waals surface area contributed by atoms with Crippen LogP contribution in [0.4, 0.5) is 11.6 Å². The number of aryl methyl sites for hydroxylation is 1. The monoisotopic (exact) mass is 380 g/mol. The maximum absolute atomic E-state index is 12.5. The van der Waals surface area contributed by atoms with Crippen molar-refractivity contribution in [1.82, 2.24) is 9.97 Å². The van der Waals surface area contributed by atoms with Crippen LogP contribution < -0.4 is 10.6 Å². The van der Waals surface area contributed by atoms with Gasteiger partial charge >= 0.3 is 0 Å². The van der Waals surface area contributed by atoms with Crippen LogP contribution in [0, 0.1) is 6.92 Å². The molecule has 2 aromatic rings. The second kappa shape index (κ2) is 7.99. The van der Waals surface area contributed by atoms with Gasteiger partial charge in [-0.25, -0.2) is 9.97 Å². The lowest BCUT2D eigenvalue weighted by molar-refractivity contribution is 0.102. The molecule has 1 saturated heterocycles. The molecule has 1 aromatic carbocycles. The molecule has 132 valence electrons. The summed E-state index contributed by atoms with van der Waals surface area (Å²) < 4.78 is 5.56. The summed E-state index contributed by atoms with van der Waals surface area (Å²) in [6.07, 6.45) is 2.24. The van der Waals surface area contributed by atoms with Gasteiger partial charge in [-0.15, -0.1) is 0 Å². The molecule has 0 saturated carbocycles. The van der Waals surface area contributed by atoms with E-state index in [2.05, 4.69) is 20.6 Å². The van der Waals surface area contributed by atoms with Crippen molar-refractivity contribution in [3.05, 3.63) is 45.7 Å². The Morgan fingerprint density at radius 3 is 2.88 bits per heavy atom. The van der Waals surface area contributed by atoms with Gasteiger partial charge in [0.1, 0.15) is 5.69 Å². The number of halogens is 2. The predicted molar refractivity (Wildman–Crippen MR) is 98.6 cm³/mol. The van der Waals surface area contributed by atoms with E-state index >= 15 is 0 Å². The zero-order valence-corrected chi connectivity index (χ0v) is 15.2. The molecule has 1 amide bonds. The number of benzene rings is 1. The van der Waals surface area contributed by atoms with Gasteiger partial charge in [0, 0.05) is 23.9 Å². The van der Waals surface area contributed by atoms with Gasteiger partial charge in [-0.2, -0.15) is 0 Å². The first kappa shape index (κ1) is 17.9. The highest BCUT2D eigenvalue weighted by molar-refractivity contribution is 6.36. The summed E-state index contributed by atoms with van der Waals surface area (Å²) in [5.41, 5.74) is 1.42.